The van der Waals surface area contributed by atoms with Crippen LogP contribution in [0.4, 0.5) is 5.13 Å². The summed E-state index contributed by atoms with van der Waals surface area (Å²) in [4.78, 5) is 4.64. The Balaban J connectivity index is 1.99. The number of hydrogen-bond donors (Lipinski definition) is 1. The Bertz CT molecular complexity index is 367. The van der Waals surface area contributed by atoms with Crippen molar-refractivity contribution in [3.05, 3.63) is 5.82 Å². The Morgan fingerprint density at radius 3 is 2.71 bits per heavy atom. The SMILES string of the molecule is CCC1CCC(c2nsc(NC(C)(C)C)n2)C1. The summed E-state index contributed by atoms with van der Waals surface area (Å²) in [5, 5.41) is 4.36. The van der Waals surface area contributed by atoms with E-state index < -0.39 is 0 Å². The summed E-state index contributed by atoms with van der Waals surface area (Å²) in [5.74, 6) is 2.56. The molecular formula is C13H23N3S. The van der Waals surface area contributed by atoms with Crippen molar-refractivity contribution in [1.82, 2.24) is 9.36 Å². The lowest BCUT2D eigenvalue weighted by molar-refractivity contribution is 0.517. The quantitative estimate of drug-likeness (QED) is 0.883. The summed E-state index contributed by atoms with van der Waals surface area (Å²) < 4.78 is 4.52. The topological polar surface area (TPSA) is 37.8 Å². The maximum atomic E-state index is 4.64. The minimum Gasteiger partial charge on any atom is -0.356 e. The lowest BCUT2D eigenvalue weighted by Crippen LogP contribution is -2.25. The number of nitrogens with zero attached hydrogens (tertiary/aromatic N) is 2. The highest BCUT2D eigenvalue weighted by Crippen LogP contribution is 2.39. The van der Waals surface area contributed by atoms with Crippen LogP contribution in [0.25, 0.3) is 0 Å². The highest BCUT2D eigenvalue weighted by atomic mass is 32.1. The summed E-state index contributed by atoms with van der Waals surface area (Å²) >= 11 is 1.50. The minimum absolute atomic E-state index is 0.0679. The molecule has 1 aromatic heterocycles. The molecule has 1 fully saturated rings. The van der Waals surface area contributed by atoms with E-state index in [1.807, 2.05) is 0 Å². The van der Waals surface area contributed by atoms with Gasteiger partial charge in [0.25, 0.3) is 0 Å². The first-order valence-electron chi connectivity index (χ1n) is 6.59. The zero-order valence-electron chi connectivity index (χ0n) is 11.3. The average molecular weight is 253 g/mol. The molecule has 0 amide bonds. The molecule has 0 spiro atoms. The molecule has 1 aromatic rings. The molecule has 0 radical (unpaired) electrons. The van der Waals surface area contributed by atoms with Crippen LogP contribution in [0.2, 0.25) is 0 Å². The van der Waals surface area contributed by atoms with E-state index in [2.05, 4.69) is 42.4 Å². The highest BCUT2D eigenvalue weighted by molar-refractivity contribution is 7.09. The normalized spacial score (nSPS) is 25.2. The predicted molar refractivity (Wildman–Crippen MR) is 73.7 cm³/mol. The fourth-order valence-corrected chi connectivity index (χ4v) is 3.31. The number of aromatic nitrogens is 2. The van der Waals surface area contributed by atoms with E-state index in [4.69, 9.17) is 0 Å². The van der Waals surface area contributed by atoms with Crippen LogP contribution in [0.1, 0.15) is 65.1 Å². The Hall–Kier alpha value is -0.640. The first-order chi connectivity index (χ1) is 7.98. The van der Waals surface area contributed by atoms with Crippen LogP contribution >= 0.6 is 11.5 Å². The van der Waals surface area contributed by atoms with Crippen LogP contribution in [-0.4, -0.2) is 14.9 Å². The smallest absolute Gasteiger partial charge is 0.202 e. The third kappa shape index (κ3) is 3.41. The zero-order chi connectivity index (χ0) is 12.5. The molecule has 1 aliphatic rings. The molecule has 2 unspecified atom stereocenters. The number of anilines is 1. The molecule has 4 heteroatoms. The largest absolute Gasteiger partial charge is 0.356 e. The van der Waals surface area contributed by atoms with Crippen molar-refractivity contribution < 1.29 is 0 Å². The van der Waals surface area contributed by atoms with Gasteiger partial charge in [-0.3, -0.25) is 0 Å². The van der Waals surface area contributed by atoms with Crippen LogP contribution in [-0.2, 0) is 0 Å². The van der Waals surface area contributed by atoms with Gasteiger partial charge < -0.3 is 5.32 Å². The van der Waals surface area contributed by atoms with Crippen LogP contribution in [0.5, 0.6) is 0 Å². The third-order valence-corrected chi connectivity index (χ3v) is 4.05. The molecule has 96 valence electrons. The molecule has 0 aromatic carbocycles. The van der Waals surface area contributed by atoms with Crippen LogP contribution in [0.3, 0.4) is 0 Å². The predicted octanol–water partition coefficient (Wildman–Crippen LogP) is 4.04. The van der Waals surface area contributed by atoms with Gasteiger partial charge in [0.15, 0.2) is 0 Å². The van der Waals surface area contributed by atoms with Gasteiger partial charge in [-0.2, -0.15) is 4.37 Å². The van der Waals surface area contributed by atoms with Crippen molar-refractivity contribution in [3.8, 4) is 0 Å². The molecule has 0 bridgehead atoms. The van der Waals surface area contributed by atoms with Gasteiger partial charge >= 0.3 is 0 Å². The Morgan fingerprint density at radius 2 is 2.12 bits per heavy atom. The Kier molecular flexibility index (Phi) is 3.71. The Morgan fingerprint density at radius 1 is 1.35 bits per heavy atom. The van der Waals surface area contributed by atoms with E-state index in [1.165, 1.54) is 37.2 Å². The summed E-state index contributed by atoms with van der Waals surface area (Å²) in [6, 6.07) is 0. The molecule has 1 N–H and O–H groups in total. The van der Waals surface area contributed by atoms with Gasteiger partial charge in [-0.25, -0.2) is 4.98 Å². The first-order valence-corrected chi connectivity index (χ1v) is 7.37. The fraction of sp³-hybridized carbons (Fsp3) is 0.846. The molecule has 17 heavy (non-hydrogen) atoms. The second-order valence-corrected chi connectivity index (χ2v) is 6.87. The molecule has 1 heterocycles. The molecule has 1 aliphatic carbocycles. The van der Waals surface area contributed by atoms with E-state index in [0.717, 1.165) is 16.9 Å². The van der Waals surface area contributed by atoms with Crippen molar-refractivity contribution in [3.63, 3.8) is 0 Å². The van der Waals surface area contributed by atoms with E-state index in [1.54, 1.807) is 0 Å². The number of rotatable bonds is 3. The first kappa shape index (κ1) is 12.8. The van der Waals surface area contributed by atoms with Gasteiger partial charge in [0, 0.05) is 23.0 Å². The highest BCUT2D eigenvalue weighted by Gasteiger charge is 2.27. The van der Waals surface area contributed by atoms with E-state index in [-0.39, 0.29) is 5.54 Å². The molecule has 3 nitrogen and oxygen atoms in total. The third-order valence-electron chi connectivity index (χ3n) is 3.41. The average Bonchev–Trinajstić information content (AvgIpc) is 2.82. The minimum atomic E-state index is 0.0679. The van der Waals surface area contributed by atoms with Crippen LogP contribution in [0.15, 0.2) is 0 Å². The van der Waals surface area contributed by atoms with Crippen molar-refractivity contribution in [2.24, 2.45) is 5.92 Å². The van der Waals surface area contributed by atoms with Crippen molar-refractivity contribution in [2.45, 2.75) is 64.8 Å². The molecular weight excluding hydrogens is 230 g/mol. The maximum Gasteiger partial charge on any atom is 0.202 e. The van der Waals surface area contributed by atoms with Gasteiger partial charge in [-0.15, -0.1) is 0 Å². The molecule has 0 aliphatic heterocycles. The van der Waals surface area contributed by atoms with Gasteiger partial charge in [-0.1, -0.05) is 13.3 Å². The van der Waals surface area contributed by atoms with E-state index >= 15 is 0 Å². The Labute approximate surface area is 108 Å². The zero-order valence-corrected chi connectivity index (χ0v) is 12.1. The lowest BCUT2D eigenvalue weighted by atomic mass is 10.0. The molecule has 2 atom stereocenters. The van der Waals surface area contributed by atoms with E-state index in [9.17, 15) is 0 Å². The molecule has 2 rings (SSSR count). The standard InChI is InChI=1S/C13H23N3S/c1-5-9-6-7-10(8-9)11-14-12(17-16-11)15-13(2,3)4/h9-10H,5-8H2,1-4H3,(H,14,15,16). The number of hydrogen-bond acceptors (Lipinski definition) is 4. The second kappa shape index (κ2) is 4.92. The summed E-state index contributed by atoms with van der Waals surface area (Å²) in [7, 11) is 0. The van der Waals surface area contributed by atoms with Gasteiger partial charge in [0.2, 0.25) is 5.13 Å². The van der Waals surface area contributed by atoms with Crippen LogP contribution in [0, 0.1) is 5.92 Å². The van der Waals surface area contributed by atoms with E-state index in [0.29, 0.717) is 5.92 Å². The van der Waals surface area contributed by atoms with Gasteiger partial charge in [0.05, 0.1) is 0 Å². The van der Waals surface area contributed by atoms with Crippen molar-refractivity contribution in [2.75, 3.05) is 5.32 Å². The number of nitrogens with one attached hydrogen (secondary N) is 1. The summed E-state index contributed by atoms with van der Waals surface area (Å²) in [6.07, 6.45) is 5.20. The van der Waals surface area contributed by atoms with Crippen LogP contribution < -0.4 is 5.32 Å². The van der Waals surface area contributed by atoms with Crippen molar-refractivity contribution >= 4 is 16.7 Å². The lowest BCUT2D eigenvalue weighted by Gasteiger charge is -2.19. The van der Waals surface area contributed by atoms with Gasteiger partial charge in [0.1, 0.15) is 5.82 Å². The fourth-order valence-electron chi connectivity index (χ4n) is 2.45. The molecule has 0 saturated heterocycles. The molecule has 1 saturated carbocycles. The van der Waals surface area contributed by atoms with Crippen molar-refractivity contribution in [1.29, 1.82) is 0 Å². The summed E-state index contributed by atoms with van der Waals surface area (Å²) in [5.41, 5.74) is 0.0679. The summed E-state index contributed by atoms with van der Waals surface area (Å²) in [6.45, 7) is 8.73. The van der Waals surface area contributed by atoms with Gasteiger partial charge in [-0.05, 0) is 46.0 Å². The monoisotopic (exact) mass is 253 g/mol. The maximum absolute atomic E-state index is 4.64. The second-order valence-electron chi connectivity index (χ2n) is 6.12.